The Hall–Kier alpha value is -1.66. The predicted octanol–water partition coefficient (Wildman–Crippen LogP) is 2.20. The average Bonchev–Trinajstić information content (AvgIpc) is 2.51. The van der Waals surface area contributed by atoms with Crippen LogP contribution in [0.5, 0.6) is 0 Å². The van der Waals surface area contributed by atoms with Gasteiger partial charge in [-0.1, -0.05) is 44.4 Å². The zero-order valence-electron chi connectivity index (χ0n) is 14.1. The van der Waals surface area contributed by atoms with Gasteiger partial charge in [-0.3, -0.25) is 9.59 Å². The highest BCUT2D eigenvalue weighted by Gasteiger charge is 2.35. The maximum absolute atomic E-state index is 11.5. The molecule has 3 N–H and O–H groups in total. The number of esters is 1. The van der Waals surface area contributed by atoms with E-state index in [1.165, 1.54) is 6.08 Å². The lowest BCUT2D eigenvalue weighted by atomic mass is 9.87. The monoisotopic (exact) mass is 340 g/mol. The summed E-state index contributed by atoms with van der Waals surface area (Å²) in [5.74, 6) is -1.73. The van der Waals surface area contributed by atoms with Gasteiger partial charge in [0, 0.05) is 5.92 Å². The van der Waals surface area contributed by atoms with Crippen LogP contribution in [0.2, 0.25) is 0 Å². The van der Waals surface area contributed by atoms with Gasteiger partial charge in [-0.05, 0) is 18.9 Å². The van der Waals surface area contributed by atoms with Crippen LogP contribution in [0.1, 0.15) is 51.9 Å². The third-order valence-electron chi connectivity index (χ3n) is 4.05. The number of rotatable bonds is 10. The minimum Gasteiger partial charge on any atom is -0.481 e. The third-order valence-corrected chi connectivity index (χ3v) is 4.05. The first-order valence-corrected chi connectivity index (χ1v) is 8.54. The van der Waals surface area contributed by atoms with Gasteiger partial charge in [0.1, 0.15) is 6.10 Å². The molecular weight excluding hydrogens is 312 g/mol. The van der Waals surface area contributed by atoms with Gasteiger partial charge < -0.3 is 20.1 Å². The first-order chi connectivity index (χ1) is 11.4. The number of carbonyl (C=O) groups excluding carboxylic acids is 1. The highest BCUT2D eigenvalue weighted by atomic mass is 16.5. The Kier molecular flexibility index (Phi) is 9.34. The van der Waals surface area contributed by atoms with Crippen LogP contribution >= 0.6 is 0 Å². The quantitative estimate of drug-likeness (QED) is 0.320. The van der Waals surface area contributed by atoms with E-state index < -0.39 is 30.3 Å². The molecule has 0 aromatic carbocycles. The summed E-state index contributed by atoms with van der Waals surface area (Å²) in [7, 11) is 0. The summed E-state index contributed by atoms with van der Waals surface area (Å²) in [5, 5.41) is 28.7. The van der Waals surface area contributed by atoms with E-state index in [0.717, 1.165) is 19.3 Å². The SMILES string of the molecule is CCCCCC(O)/C=C/C1OC(=O)CC(O)C1C/C=C/CC(=O)O. The first kappa shape index (κ1) is 20.4. The van der Waals surface area contributed by atoms with Gasteiger partial charge in [0.15, 0.2) is 0 Å². The highest BCUT2D eigenvalue weighted by molar-refractivity contribution is 5.71. The molecule has 6 heteroatoms. The van der Waals surface area contributed by atoms with Gasteiger partial charge in [0.2, 0.25) is 0 Å². The van der Waals surface area contributed by atoms with Crippen LogP contribution in [0, 0.1) is 5.92 Å². The van der Waals surface area contributed by atoms with Crippen molar-refractivity contribution in [2.45, 2.75) is 70.2 Å². The second-order valence-corrected chi connectivity index (χ2v) is 6.14. The molecule has 1 aliphatic rings. The molecule has 0 saturated carbocycles. The van der Waals surface area contributed by atoms with Crippen molar-refractivity contribution in [2.75, 3.05) is 0 Å². The second-order valence-electron chi connectivity index (χ2n) is 6.14. The molecule has 24 heavy (non-hydrogen) atoms. The van der Waals surface area contributed by atoms with Crippen LogP contribution in [0.3, 0.4) is 0 Å². The van der Waals surface area contributed by atoms with Gasteiger partial charge in [0.05, 0.1) is 25.0 Å². The summed E-state index contributed by atoms with van der Waals surface area (Å²) in [6.45, 7) is 2.09. The van der Waals surface area contributed by atoms with Crippen molar-refractivity contribution in [2.24, 2.45) is 5.92 Å². The average molecular weight is 340 g/mol. The fourth-order valence-corrected chi connectivity index (χ4v) is 2.68. The largest absolute Gasteiger partial charge is 0.481 e. The molecule has 4 atom stereocenters. The van der Waals surface area contributed by atoms with Crippen LogP contribution < -0.4 is 0 Å². The molecule has 1 rings (SSSR count). The van der Waals surface area contributed by atoms with E-state index in [4.69, 9.17) is 9.84 Å². The molecule has 0 bridgehead atoms. The number of unbranched alkanes of at least 4 members (excludes halogenated alkanes) is 2. The fourth-order valence-electron chi connectivity index (χ4n) is 2.68. The van der Waals surface area contributed by atoms with Crippen LogP contribution in [0.4, 0.5) is 0 Å². The fraction of sp³-hybridized carbons (Fsp3) is 0.667. The number of aliphatic carboxylic acids is 1. The predicted molar refractivity (Wildman–Crippen MR) is 89.3 cm³/mol. The molecule has 0 aromatic heterocycles. The Morgan fingerprint density at radius 3 is 2.79 bits per heavy atom. The molecule has 1 fully saturated rings. The standard InChI is InChI=1S/C18H28O6/c1-2-3-4-7-13(19)10-11-16-14(8-5-6-9-17(21)22)15(20)12-18(23)24-16/h5-6,10-11,13-16,19-20H,2-4,7-9,12H2,1H3,(H,21,22)/b6-5+,11-10+. The van der Waals surface area contributed by atoms with Gasteiger partial charge in [0.25, 0.3) is 0 Å². The van der Waals surface area contributed by atoms with Crippen molar-refractivity contribution >= 4 is 11.9 Å². The minimum atomic E-state index is -0.923. The van der Waals surface area contributed by atoms with Crippen molar-refractivity contribution in [1.29, 1.82) is 0 Å². The van der Waals surface area contributed by atoms with E-state index in [1.807, 2.05) is 0 Å². The van der Waals surface area contributed by atoms with Gasteiger partial charge >= 0.3 is 11.9 Å². The van der Waals surface area contributed by atoms with Crippen molar-refractivity contribution in [3.8, 4) is 0 Å². The Morgan fingerprint density at radius 2 is 2.12 bits per heavy atom. The number of carboxylic acid groups (broad SMARTS) is 1. The van der Waals surface area contributed by atoms with E-state index in [-0.39, 0.29) is 18.8 Å². The van der Waals surface area contributed by atoms with E-state index in [2.05, 4.69) is 6.92 Å². The molecule has 0 spiro atoms. The zero-order valence-corrected chi connectivity index (χ0v) is 14.1. The lowest BCUT2D eigenvalue weighted by Crippen LogP contribution is -2.41. The Bertz CT molecular complexity index is 456. The number of carbonyl (C=O) groups is 2. The zero-order chi connectivity index (χ0) is 17.9. The number of aliphatic hydroxyl groups is 2. The third kappa shape index (κ3) is 7.75. The lowest BCUT2D eigenvalue weighted by Gasteiger charge is -2.32. The van der Waals surface area contributed by atoms with Crippen LogP contribution in [0.15, 0.2) is 24.3 Å². The lowest BCUT2D eigenvalue weighted by molar-refractivity contribution is -0.163. The Labute approximate surface area is 142 Å². The molecule has 0 amide bonds. The number of aliphatic hydroxyl groups excluding tert-OH is 2. The minimum absolute atomic E-state index is 0.0686. The maximum Gasteiger partial charge on any atom is 0.309 e. The van der Waals surface area contributed by atoms with Gasteiger partial charge in [-0.25, -0.2) is 0 Å². The molecule has 0 radical (unpaired) electrons. The van der Waals surface area contributed by atoms with Crippen LogP contribution in [-0.2, 0) is 14.3 Å². The van der Waals surface area contributed by atoms with Crippen molar-refractivity contribution < 1.29 is 29.6 Å². The normalized spacial score (nSPS) is 26.0. The van der Waals surface area contributed by atoms with Gasteiger partial charge in [-0.2, -0.15) is 0 Å². The number of ether oxygens (including phenoxy) is 1. The highest BCUT2D eigenvalue weighted by Crippen LogP contribution is 2.27. The van der Waals surface area contributed by atoms with Crippen molar-refractivity contribution in [1.82, 2.24) is 0 Å². The molecule has 1 saturated heterocycles. The smallest absolute Gasteiger partial charge is 0.309 e. The van der Waals surface area contributed by atoms with Crippen LogP contribution in [-0.4, -0.2) is 45.6 Å². The molecule has 1 aliphatic heterocycles. The summed E-state index contributed by atoms with van der Waals surface area (Å²) in [4.78, 5) is 22.0. The summed E-state index contributed by atoms with van der Waals surface area (Å²) < 4.78 is 5.28. The number of allylic oxidation sites excluding steroid dienone is 1. The first-order valence-electron chi connectivity index (χ1n) is 8.54. The Morgan fingerprint density at radius 1 is 1.38 bits per heavy atom. The summed E-state index contributed by atoms with van der Waals surface area (Å²) in [6.07, 6.45) is 8.35. The summed E-state index contributed by atoms with van der Waals surface area (Å²) in [5.41, 5.74) is 0. The Balaban J connectivity index is 2.62. The molecule has 136 valence electrons. The van der Waals surface area contributed by atoms with E-state index >= 15 is 0 Å². The number of cyclic esters (lactones) is 1. The molecule has 6 nitrogen and oxygen atoms in total. The van der Waals surface area contributed by atoms with E-state index in [1.54, 1.807) is 18.2 Å². The summed E-state index contributed by atoms with van der Waals surface area (Å²) >= 11 is 0. The number of hydrogen-bond donors (Lipinski definition) is 3. The number of carboxylic acids is 1. The topological polar surface area (TPSA) is 104 Å². The van der Waals surface area contributed by atoms with E-state index in [9.17, 15) is 19.8 Å². The van der Waals surface area contributed by atoms with Gasteiger partial charge in [-0.15, -0.1) is 0 Å². The number of hydrogen-bond acceptors (Lipinski definition) is 5. The van der Waals surface area contributed by atoms with E-state index in [0.29, 0.717) is 12.8 Å². The molecule has 0 aliphatic carbocycles. The molecule has 4 unspecified atom stereocenters. The maximum atomic E-state index is 11.5. The summed E-state index contributed by atoms with van der Waals surface area (Å²) in [6, 6.07) is 0. The molecular formula is C18H28O6. The van der Waals surface area contributed by atoms with Crippen molar-refractivity contribution in [3.05, 3.63) is 24.3 Å². The second kappa shape index (κ2) is 11.0. The molecule has 1 heterocycles. The van der Waals surface area contributed by atoms with Crippen LogP contribution in [0.25, 0.3) is 0 Å². The molecule has 0 aromatic rings. The van der Waals surface area contributed by atoms with Crippen molar-refractivity contribution in [3.63, 3.8) is 0 Å².